The fourth-order valence-corrected chi connectivity index (χ4v) is 2.11. The molecule has 1 heterocycles. The van der Waals surface area contributed by atoms with E-state index in [4.69, 9.17) is 10.5 Å². The normalized spacial score (nSPS) is 10.6. The van der Waals surface area contributed by atoms with Crippen LogP contribution in [0.1, 0.15) is 16.8 Å². The summed E-state index contributed by atoms with van der Waals surface area (Å²) >= 11 is 0. The quantitative estimate of drug-likeness (QED) is 0.850. The van der Waals surface area contributed by atoms with Crippen molar-refractivity contribution < 1.29 is 4.74 Å². The van der Waals surface area contributed by atoms with Gasteiger partial charge in [0.25, 0.3) is 0 Å². The highest BCUT2D eigenvalue weighted by molar-refractivity contribution is 5.71. The molecule has 0 radical (unpaired) electrons. The molecule has 3 N–H and O–H groups in total. The second-order valence-electron chi connectivity index (χ2n) is 4.10. The van der Waals surface area contributed by atoms with E-state index in [0.717, 1.165) is 28.3 Å². The Balaban J connectivity index is 2.66. The van der Waals surface area contributed by atoms with Gasteiger partial charge < -0.3 is 15.5 Å². The Morgan fingerprint density at radius 1 is 1.35 bits per heavy atom. The fraction of sp³-hybridized carbons (Fsp3) is 0.308. The van der Waals surface area contributed by atoms with Gasteiger partial charge in [0, 0.05) is 12.1 Å². The van der Waals surface area contributed by atoms with Gasteiger partial charge in [-0.15, -0.1) is 0 Å². The van der Waals surface area contributed by atoms with Gasteiger partial charge in [0.05, 0.1) is 24.8 Å². The molecular formula is C13H17N3O. The highest BCUT2D eigenvalue weighted by atomic mass is 16.5. The Bertz CT molecular complexity index is 531. The largest absolute Gasteiger partial charge is 0.496 e. The van der Waals surface area contributed by atoms with Gasteiger partial charge in [-0.05, 0) is 31.0 Å². The average Bonchev–Trinajstić information content (AvgIpc) is 2.75. The van der Waals surface area contributed by atoms with Gasteiger partial charge in [-0.25, -0.2) is 4.98 Å². The summed E-state index contributed by atoms with van der Waals surface area (Å²) in [5, 5.41) is 0. The van der Waals surface area contributed by atoms with Crippen LogP contribution in [-0.2, 0) is 6.54 Å². The highest BCUT2D eigenvalue weighted by Gasteiger charge is 2.14. The van der Waals surface area contributed by atoms with Crippen LogP contribution in [-0.4, -0.2) is 17.1 Å². The van der Waals surface area contributed by atoms with Crippen LogP contribution in [0.3, 0.4) is 0 Å². The molecule has 2 rings (SSSR count). The van der Waals surface area contributed by atoms with E-state index in [1.807, 2.05) is 6.92 Å². The van der Waals surface area contributed by atoms with E-state index in [1.54, 1.807) is 13.4 Å². The number of aromatic nitrogens is 2. The summed E-state index contributed by atoms with van der Waals surface area (Å²) in [6.07, 6.45) is 1.66. The van der Waals surface area contributed by atoms with Gasteiger partial charge >= 0.3 is 0 Å². The molecule has 0 bridgehead atoms. The molecule has 1 aromatic heterocycles. The van der Waals surface area contributed by atoms with Gasteiger partial charge in [-0.1, -0.05) is 6.07 Å². The number of benzene rings is 1. The lowest BCUT2D eigenvalue weighted by Gasteiger charge is -2.12. The number of hydrogen-bond acceptors (Lipinski definition) is 3. The van der Waals surface area contributed by atoms with Crippen molar-refractivity contribution in [3.05, 3.63) is 35.3 Å². The minimum Gasteiger partial charge on any atom is -0.496 e. The van der Waals surface area contributed by atoms with Gasteiger partial charge in [0.2, 0.25) is 0 Å². The number of nitrogens with zero attached hydrogens (tertiary/aromatic N) is 1. The van der Waals surface area contributed by atoms with Gasteiger partial charge in [0.15, 0.2) is 0 Å². The summed E-state index contributed by atoms with van der Waals surface area (Å²) in [5.41, 5.74) is 10.8. The maximum absolute atomic E-state index is 5.69. The van der Waals surface area contributed by atoms with Crippen molar-refractivity contribution in [3.63, 3.8) is 0 Å². The molecular weight excluding hydrogens is 214 g/mol. The number of aromatic amines is 1. The number of rotatable bonds is 3. The Hall–Kier alpha value is -1.81. The van der Waals surface area contributed by atoms with Crippen LogP contribution in [0.15, 0.2) is 18.5 Å². The molecule has 90 valence electrons. The van der Waals surface area contributed by atoms with Crippen LogP contribution in [0, 0.1) is 13.8 Å². The first kappa shape index (κ1) is 11.7. The van der Waals surface area contributed by atoms with Crippen molar-refractivity contribution in [3.8, 4) is 17.0 Å². The molecule has 4 nitrogen and oxygen atoms in total. The van der Waals surface area contributed by atoms with E-state index in [-0.39, 0.29) is 0 Å². The summed E-state index contributed by atoms with van der Waals surface area (Å²) in [4.78, 5) is 7.39. The van der Waals surface area contributed by atoms with Crippen LogP contribution < -0.4 is 10.5 Å². The topological polar surface area (TPSA) is 63.9 Å². The van der Waals surface area contributed by atoms with E-state index >= 15 is 0 Å². The number of hydrogen-bond donors (Lipinski definition) is 2. The summed E-state index contributed by atoms with van der Waals surface area (Å²) in [7, 11) is 1.68. The molecule has 0 aliphatic rings. The molecule has 0 aliphatic heterocycles. The van der Waals surface area contributed by atoms with Crippen LogP contribution in [0.25, 0.3) is 11.3 Å². The van der Waals surface area contributed by atoms with Crippen molar-refractivity contribution in [2.45, 2.75) is 20.4 Å². The second-order valence-corrected chi connectivity index (χ2v) is 4.10. The first-order valence-electron chi connectivity index (χ1n) is 5.55. The van der Waals surface area contributed by atoms with Crippen LogP contribution >= 0.6 is 0 Å². The number of imidazole rings is 1. The van der Waals surface area contributed by atoms with Crippen LogP contribution in [0.5, 0.6) is 5.75 Å². The molecule has 0 saturated heterocycles. The van der Waals surface area contributed by atoms with Crippen molar-refractivity contribution in [1.82, 2.24) is 9.97 Å². The van der Waals surface area contributed by atoms with E-state index in [9.17, 15) is 0 Å². The van der Waals surface area contributed by atoms with Crippen molar-refractivity contribution >= 4 is 0 Å². The number of methoxy groups -OCH3 is 1. The maximum Gasteiger partial charge on any atom is 0.131 e. The van der Waals surface area contributed by atoms with E-state index in [1.165, 1.54) is 5.56 Å². The molecule has 0 aliphatic carbocycles. The zero-order chi connectivity index (χ0) is 12.4. The second kappa shape index (κ2) is 4.59. The molecule has 0 unspecified atom stereocenters. The van der Waals surface area contributed by atoms with E-state index in [2.05, 4.69) is 29.0 Å². The molecule has 0 fully saturated rings. The van der Waals surface area contributed by atoms with Gasteiger partial charge in [0.1, 0.15) is 5.75 Å². The predicted octanol–water partition coefficient (Wildman–Crippen LogP) is 2.16. The molecule has 17 heavy (non-hydrogen) atoms. The Labute approximate surface area is 101 Å². The number of aryl methyl sites for hydroxylation is 2. The Kier molecular flexibility index (Phi) is 3.15. The lowest BCUT2D eigenvalue weighted by atomic mass is 10.0. The number of ether oxygens (including phenoxy) is 1. The summed E-state index contributed by atoms with van der Waals surface area (Å²) in [6, 6.07) is 4.16. The molecule has 1 aromatic carbocycles. The molecule has 2 aromatic rings. The Morgan fingerprint density at radius 3 is 2.76 bits per heavy atom. The minimum atomic E-state index is 0.436. The molecule has 0 spiro atoms. The third-order valence-electron chi connectivity index (χ3n) is 2.80. The maximum atomic E-state index is 5.69. The molecule has 0 atom stereocenters. The fourth-order valence-electron chi connectivity index (χ4n) is 2.11. The molecule has 0 saturated carbocycles. The lowest BCUT2D eigenvalue weighted by Crippen LogP contribution is -2.00. The van der Waals surface area contributed by atoms with Gasteiger partial charge in [-0.2, -0.15) is 0 Å². The summed E-state index contributed by atoms with van der Waals surface area (Å²) in [6.45, 7) is 4.53. The standard InChI is InChI=1S/C13H17N3O/c1-8-4-9(2)13(17-3)10(5-8)12-11(6-14)15-7-16-12/h4-5,7H,6,14H2,1-3H3,(H,15,16). The summed E-state index contributed by atoms with van der Waals surface area (Å²) in [5.74, 6) is 0.859. The first-order valence-corrected chi connectivity index (χ1v) is 5.55. The average molecular weight is 231 g/mol. The van der Waals surface area contributed by atoms with Crippen LogP contribution in [0.2, 0.25) is 0 Å². The first-order chi connectivity index (χ1) is 8.17. The molecule has 0 amide bonds. The minimum absolute atomic E-state index is 0.436. The van der Waals surface area contributed by atoms with Crippen molar-refractivity contribution in [2.75, 3.05) is 7.11 Å². The third-order valence-corrected chi connectivity index (χ3v) is 2.80. The smallest absolute Gasteiger partial charge is 0.131 e. The number of nitrogens with one attached hydrogen (secondary N) is 1. The zero-order valence-electron chi connectivity index (χ0n) is 10.4. The van der Waals surface area contributed by atoms with Crippen LogP contribution in [0.4, 0.5) is 0 Å². The zero-order valence-corrected chi connectivity index (χ0v) is 10.4. The summed E-state index contributed by atoms with van der Waals surface area (Å²) < 4.78 is 5.46. The lowest BCUT2D eigenvalue weighted by molar-refractivity contribution is 0.413. The van der Waals surface area contributed by atoms with Crippen molar-refractivity contribution in [1.29, 1.82) is 0 Å². The molecule has 4 heteroatoms. The van der Waals surface area contributed by atoms with E-state index < -0.39 is 0 Å². The monoisotopic (exact) mass is 231 g/mol. The third kappa shape index (κ3) is 2.03. The van der Waals surface area contributed by atoms with E-state index in [0.29, 0.717) is 6.54 Å². The number of H-pyrrole nitrogens is 1. The van der Waals surface area contributed by atoms with Crippen molar-refractivity contribution in [2.24, 2.45) is 5.73 Å². The Morgan fingerprint density at radius 2 is 2.12 bits per heavy atom. The van der Waals surface area contributed by atoms with Gasteiger partial charge in [-0.3, -0.25) is 0 Å². The highest BCUT2D eigenvalue weighted by Crippen LogP contribution is 2.34. The predicted molar refractivity (Wildman–Crippen MR) is 67.9 cm³/mol. The SMILES string of the molecule is COc1c(C)cc(C)cc1-c1nc[nH]c1CN. The number of nitrogens with two attached hydrogens (primary N) is 1.